The Morgan fingerprint density at radius 2 is 2.10 bits per heavy atom. The Kier molecular flexibility index (Phi) is 4.73. The maximum absolute atomic E-state index is 11.6. The summed E-state index contributed by atoms with van der Waals surface area (Å²) in [7, 11) is 1.25. The van der Waals surface area contributed by atoms with Gasteiger partial charge in [-0.25, -0.2) is 8.42 Å². The van der Waals surface area contributed by atoms with E-state index < -0.39 is 14.0 Å². The maximum Gasteiger partial charge on any atom is 0.271 e. The van der Waals surface area contributed by atoms with Crippen molar-refractivity contribution in [2.75, 3.05) is 0 Å². The SMILES string of the molecule is CC1CCCC(Oc2ccc([N+](=O)[O-])cc2S(=O)(=O)Cl)C1. The summed E-state index contributed by atoms with van der Waals surface area (Å²) in [6, 6.07) is 3.45. The summed E-state index contributed by atoms with van der Waals surface area (Å²) in [4.78, 5) is 9.73. The average molecular weight is 334 g/mol. The molecule has 0 N–H and O–H groups in total. The van der Waals surface area contributed by atoms with Gasteiger partial charge in [-0.1, -0.05) is 13.3 Å². The molecule has 8 heteroatoms. The van der Waals surface area contributed by atoms with Gasteiger partial charge in [-0.15, -0.1) is 0 Å². The molecule has 116 valence electrons. The predicted molar refractivity (Wildman–Crippen MR) is 78.2 cm³/mol. The monoisotopic (exact) mass is 333 g/mol. The maximum atomic E-state index is 11.6. The van der Waals surface area contributed by atoms with E-state index in [1.54, 1.807) is 0 Å². The molecule has 0 spiro atoms. The highest BCUT2D eigenvalue weighted by atomic mass is 35.7. The first-order chi connectivity index (χ1) is 9.77. The van der Waals surface area contributed by atoms with Gasteiger partial charge in [0.1, 0.15) is 10.6 Å². The zero-order chi connectivity index (χ0) is 15.6. The topological polar surface area (TPSA) is 86.5 Å². The van der Waals surface area contributed by atoms with E-state index in [1.807, 2.05) is 0 Å². The number of hydrogen-bond donors (Lipinski definition) is 0. The van der Waals surface area contributed by atoms with E-state index >= 15 is 0 Å². The van der Waals surface area contributed by atoms with E-state index in [0.717, 1.165) is 31.7 Å². The number of ether oxygens (including phenoxy) is 1. The molecule has 0 radical (unpaired) electrons. The van der Waals surface area contributed by atoms with E-state index in [4.69, 9.17) is 15.4 Å². The van der Waals surface area contributed by atoms with Crippen molar-refractivity contribution in [3.8, 4) is 5.75 Å². The van der Waals surface area contributed by atoms with Crippen LogP contribution in [0.5, 0.6) is 5.75 Å². The van der Waals surface area contributed by atoms with Gasteiger partial charge in [-0.3, -0.25) is 10.1 Å². The molecule has 1 aliphatic carbocycles. The predicted octanol–water partition coefficient (Wildman–Crippen LogP) is 3.48. The summed E-state index contributed by atoms with van der Waals surface area (Å²) in [5, 5.41) is 10.8. The molecule has 2 atom stereocenters. The number of nitrogens with zero attached hydrogens (tertiary/aromatic N) is 1. The molecule has 0 saturated heterocycles. The fourth-order valence-electron chi connectivity index (χ4n) is 2.56. The van der Waals surface area contributed by atoms with Gasteiger partial charge < -0.3 is 4.74 Å². The molecule has 2 rings (SSSR count). The van der Waals surface area contributed by atoms with Crippen molar-refractivity contribution in [3.05, 3.63) is 28.3 Å². The standard InChI is InChI=1S/C13H16ClNO5S/c1-9-3-2-4-11(7-9)20-12-6-5-10(15(16)17)8-13(12)21(14,18)19/h5-6,8-9,11H,2-4,7H2,1H3. The molecule has 2 unspecified atom stereocenters. The molecular formula is C13H16ClNO5S. The number of benzene rings is 1. The summed E-state index contributed by atoms with van der Waals surface area (Å²) in [6.45, 7) is 2.12. The van der Waals surface area contributed by atoms with Crippen LogP contribution in [0.3, 0.4) is 0 Å². The van der Waals surface area contributed by atoms with E-state index in [0.29, 0.717) is 5.92 Å². The average Bonchev–Trinajstić information content (AvgIpc) is 2.37. The fourth-order valence-corrected chi connectivity index (χ4v) is 3.54. The van der Waals surface area contributed by atoms with Gasteiger partial charge in [0.25, 0.3) is 14.7 Å². The van der Waals surface area contributed by atoms with Gasteiger partial charge in [0.15, 0.2) is 0 Å². The Hall–Kier alpha value is -1.34. The van der Waals surface area contributed by atoms with Crippen LogP contribution >= 0.6 is 10.7 Å². The third kappa shape index (κ3) is 4.07. The number of nitro benzene ring substituents is 1. The summed E-state index contributed by atoms with van der Waals surface area (Å²) in [6.07, 6.45) is 3.72. The van der Waals surface area contributed by atoms with E-state index in [9.17, 15) is 18.5 Å². The normalized spacial score (nSPS) is 22.8. The second-order valence-electron chi connectivity index (χ2n) is 5.34. The van der Waals surface area contributed by atoms with Crippen molar-refractivity contribution >= 4 is 25.4 Å². The van der Waals surface area contributed by atoms with Crippen molar-refractivity contribution in [2.45, 2.75) is 43.6 Å². The van der Waals surface area contributed by atoms with Crippen LogP contribution in [0.1, 0.15) is 32.6 Å². The Labute approximate surface area is 127 Å². The van der Waals surface area contributed by atoms with Crippen LogP contribution in [-0.2, 0) is 9.05 Å². The van der Waals surface area contributed by atoms with E-state index in [-0.39, 0.29) is 22.4 Å². The molecule has 0 bridgehead atoms. The molecule has 1 fully saturated rings. The Morgan fingerprint density at radius 3 is 2.67 bits per heavy atom. The van der Waals surface area contributed by atoms with Gasteiger partial charge >= 0.3 is 0 Å². The smallest absolute Gasteiger partial charge is 0.271 e. The fraction of sp³-hybridized carbons (Fsp3) is 0.538. The first-order valence-corrected chi connectivity index (χ1v) is 8.98. The number of rotatable bonds is 4. The van der Waals surface area contributed by atoms with Gasteiger partial charge in [0.05, 0.1) is 11.0 Å². The minimum Gasteiger partial charge on any atom is -0.489 e. The number of non-ortho nitro benzene ring substituents is 1. The lowest BCUT2D eigenvalue weighted by molar-refractivity contribution is -0.385. The minimum absolute atomic E-state index is 0.0784. The van der Waals surface area contributed by atoms with Gasteiger partial charge in [-0.2, -0.15) is 0 Å². The van der Waals surface area contributed by atoms with Gasteiger partial charge in [-0.05, 0) is 31.2 Å². The van der Waals surface area contributed by atoms with Crippen LogP contribution in [0, 0.1) is 16.0 Å². The lowest BCUT2D eigenvalue weighted by atomic mass is 9.89. The van der Waals surface area contributed by atoms with Crippen molar-refractivity contribution < 1.29 is 18.1 Å². The highest BCUT2D eigenvalue weighted by molar-refractivity contribution is 8.13. The first kappa shape index (κ1) is 16.0. The summed E-state index contributed by atoms with van der Waals surface area (Å²) >= 11 is 0. The largest absolute Gasteiger partial charge is 0.489 e. The van der Waals surface area contributed by atoms with Gasteiger partial charge in [0.2, 0.25) is 0 Å². The van der Waals surface area contributed by atoms with Crippen LogP contribution < -0.4 is 4.74 Å². The van der Waals surface area contributed by atoms with Crippen LogP contribution in [-0.4, -0.2) is 19.4 Å². The Bertz CT molecular complexity index is 646. The number of halogens is 1. The van der Waals surface area contributed by atoms with Crippen molar-refractivity contribution in [1.82, 2.24) is 0 Å². The molecule has 0 amide bonds. The lowest BCUT2D eigenvalue weighted by Gasteiger charge is -2.27. The molecule has 1 aromatic rings. The van der Waals surface area contributed by atoms with Crippen molar-refractivity contribution in [3.63, 3.8) is 0 Å². The molecule has 0 heterocycles. The molecular weight excluding hydrogens is 318 g/mol. The third-order valence-corrected chi connectivity index (χ3v) is 4.93. The summed E-state index contributed by atoms with van der Waals surface area (Å²) < 4.78 is 28.9. The molecule has 6 nitrogen and oxygen atoms in total. The molecule has 0 aromatic heterocycles. The van der Waals surface area contributed by atoms with E-state index in [1.165, 1.54) is 12.1 Å². The second kappa shape index (κ2) is 6.19. The lowest BCUT2D eigenvalue weighted by Crippen LogP contribution is -2.24. The highest BCUT2D eigenvalue weighted by Crippen LogP contribution is 2.34. The Morgan fingerprint density at radius 1 is 1.38 bits per heavy atom. The minimum atomic E-state index is -4.11. The highest BCUT2D eigenvalue weighted by Gasteiger charge is 2.25. The molecule has 1 saturated carbocycles. The number of nitro groups is 1. The third-order valence-electron chi connectivity index (χ3n) is 3.58. The summed E-state index contributed by atoms with van der Waals surface area (Å²) in [5.74, 6) is 0.590. The zero-order valence-electron chi connectivity index (χ0n) is 11.5. The molecule has 21 heavy (non-hydrogen) atoms. The summed E-state index contributed by atoms with van der Waals surface area (Å²) in [5.41, 5.74) is -0.335. The molecule has 0 aliphatic heterocycles. The number of hydrogen-bond acceptors (Lipinski definition) is 5. The van der Waals surface area contributed by atoms with Crippen LogP contribution in [0.25, 0.3) is 0 Å². The van der Waals surface area contributed by atoms with Gasteiger partial charge in [0, 0.05) is 22.8 Å². The van der Waals surface area contributed by atoms with Crippen molar-refractivity contribution in [1.29, 1.82) is 0 Å². The zero-order valence-corrected chi connectivity index (χ0v) is 13.1. The Balaban J connectivity index is 2.32. The molecule has 1 aromatic carbocycles. The van der Waals surface area contributed by atoms with Crippen LogP contribution in [0.15, 0.2) is 23.1 Å². The molecule has 1 aliphatic rings. The first-order valence-electron chi connectivity index (χ1n) is 6.67. The van der Waals surface area contributed by atoms with Crippen LogP contribution in [0.4, 0.5) is 5.69 Å². The van der Waals surface area contributed by atoms with Crippen LogP contribution in [0.2, 0.25) is 0 Å². The van der Waals surface area contributed by atoms with Crippen molar-refractivity contribution in [2.24, 2.45) is 5.92 Å². The quantitative estimate of drug-likeness (QED) is 0.478. The second-order valence-corrected chi connectivity index (χ2v) is 7.87. The van der Waals surface area contributed by atoms with E-state index in [2.05, 4.69) is 6.92 Å².